The minimum atomic E-state index is -0.821. The summed E-state index contributed by atoms with van der Waals surface area (Å²) in [5.74, 6) is -1.35. The number of carboxylic acid groups (broad SMARTS) is 1. The van der Waals surface area contributed by atoms with Crippen molar-refractivity contribution in [3.05, 3.63) is 29.6 Å². The topological polar surface area (TPSA) is 73.1 Å². The van der Waals surface area contributed by atoms with Crippen molar-refractivity contribution in [1.82, 2.24) is 0 Å². The van der Waals surface area contributed by atoms with Gasteiger partial charge in [-0.05, 0) is 31.0 Å². The maximum absolute atomic E-state index is 13.8. The van der Waals surface area contributed by atoms with E-state index in [0.717, 1.165) is 25.3 Å². The number of carboxylic acids is 1. The van der Waals surface area contributed by atoms with E-state index in [4.69, 9.17) is 5.26 Å². The lowest BCUT2D eigenvalue weighted by molar-refractivity contribution is -0.150. The molecule has 1 saturated carbocycles. The molecule has 0 unspecified atom stereocenters. The van der Waals surface area contributed by atoms with Gasteiger partial charge in [0.2, 0.25) is 0 Å². The fraction of sp³-hybridized carbons (Fsp3) is 0.467. The number of hydrogen-bond acceptors (Lipinski definition) is 3. The van der Waals surface area contributed by atoms with Gasteiger partial charge < -0.3 is 10.4 Å². The standard InChI is InChI=1S/C15H17FN2O2/c16-12-8-11(9-17)4-5-13(12)18-10-15(14(19)20)6-2-1-3-7-15/h4-5,8,18H,1-3,6-7,10H2,(H,19,20). The highest BCUT2D eigenvalue weighted by Crippen LogP contribution is 2.37. The molecule has 0 aliphatic heterocycles. The molecule has 1 aliphatic carbocycles. The second-order valence-corrected chi connectivity index (χ2v) is 5.31. The molecule has 0 aromatic heterocycles. The van der Waals surface area contributed by atoms with Gasteiger partial charge in [0.05, 0.1) is 22.7 Å². The number of aliphatic carboxylic acids is 1. The van der Waals surface area contributed by atoms with Gasteiger partial charge in [0.15, 0.2) is 0 Å². The Hall–Kier alpha value is -2.09. The quantitative estimate of drug-likeness (QED) is 0.886. The smallest absolute Gasteiger partial charge is 0.311 e. The third-order valence-corrected chi connectivity index (χ3v) is 3.98. The zero-order chi connectivity index (χ0) is 14.6. The Bertz CT molecular complexity index is 545. The fourth-order valence-electron chi connectivity index (χ4n) is 2.69. The van der Waals surface area contributed by atoms with Gasteiger partial charge in [-0.1, -0.05) is 19.3 Å². The lowest BCUT2D eigenvalue weighted by Crippen LogP contribution is -2.39. The van der Waals surface area contributed by atoms with Crippen molar-refractivity contribution in [2.24, 2.45) is 5.41 Å². The van der Waals surface area contributed by atoms with Crippen LogP contribution < -0.4 is 5.32 Å². The summed E-state index contributed by atoms with van der Waals surface area (Å²) in [4.78, 5) is 11.5. The summed E-state index contributed by atoms with van der Waals surface area (Å²) in [7, 11) is 0. The van der Waals surface area contributed by atoms with Crippen LogP contribution in [0.3, 0.4) is 0 Å². The summed E-state index contributed by atoms with van der Waals surface area (Å²) >= 11 is 0. The molecule has 0 bridgehead atoms. The predicted octanol–water partition coefficient (Wildman–Crippen LogP) is 3.14. The Labute approximate surface area is 117 Å². The molecule has 1 fully saturated rings. The van der Waals surface area contributed by atoms with Crippen molar-refractivity contribution in [1.29, 1.82) is 5.26 Å². The van der Waals surface area contributed by atoms with Gasteiger partial charge in [-0.2, -0.15) is 5.26 Å². The van der Waals surface area contributed by atoms with Gasteiger partial charge in [-0.3, -0.25) is 4.79 Å². The van der Waals surface area contributed by atoms with E-state index in [1.54, 1.807) is 0 Å². The first-order chi connectivity index (χ1) is 9.57. The van der Waals surface area contributed by atoms with E-state index >= 15 is 0 Å². The molecule has 1 aliphatic rings. The van der Waals surface area contributed by atoms with Crippen molar-refractivity contribution in [2.45, 2.75) is 32.1 Å². The average molecular weight is 276 g/mol. The van der Waals surface area contributed by atoms with Crippen LogP contribution in [0, 0.1) is 22.6 Å². The molecule has 4 nitrogen and oxygen atoms in total. The largest absolute Gasteiger partial charge is 0.481 e. The van der Waals surface area contributed by atoms with E-state index < -0.39 is 17.2 Å². The maximum Gasteiger partial charge on any atom is 0.311 e. The molecule has 0 spiro atoms. The molecule has 20 heavy (non-hydrogen) atoms. The molecular weight excluding hydrogens is 259 g/mol. The number of anilines is 1. The van der Waals surface area contributed by atoms with E-state index in [1.807, 2.05) is 6.07 Å². The van der Waals surface area contributed by atoms with Gasteiger partial charge in [0.1, 0.15) is 5.82 Å². The van der Waals surface area contributed by atoms with E-state index in [9.17, 15) is 14.3 Å². The molecule has 0 saturated heterocycles. The molecule has 5 heteroatoms. The first-order valence-electron chi connectivity index (χ1n) is 6.74. The number of halogens is 1. The van der Waals surface area contributed by atoms with Gasteiger partial charge in [-0.25, -0.2) is 4.39 Å². The lowest BCUT2D eigenvalue weighted by atomic mass is 9.74. The summed E-state index contributed by atoms with van der Waals surface area (Å²) in [5, 5.41) is 21.0. The molecule has 1 aromatic rings. The summed E-state index contributed by atoms with van der Waals surface area (Å²) in [6.07, 6.45) is 4.08. The molecule has 2 N–H and O–H groups in total. The SMILES string of the molecule is N#Cc1ccc(NCC2(C(=O)O)CCCCC2)c(F)c1. The van der Waals surface area contributed by atoms with Crippen LogP contribution in [0.4, 0.5) is 10.1 Å². The summed E-state index contributed by atoms with van der Waals surface area (Å²) in [6.45, 7) is 0.213. The summed E-state index contributed by atoms with van der Waals surface area (Å²) < 4.78 is 13.8. The normalized spacial score (nSPS) is 17.2. The Kier molecular flexibility index (Phi) is 4.23. The maximum atomic E-state index is 13.8. The number of nitrogens with one attached hydrogen (secondary N) is 1. The Balaban J connectivity index is 2.10. The second-order valence-electron chi connectivity index (χ2n) is 5.31. The van der Waals surface area contributed by atoms with Crippen LogP contribution in [0.5, 0.6) is 0 Å². The lowest BCUT2D eigenvalue weighted by Gasteiger charge is -2.33. The first kappa shape index (κ1) is 14.3. The number of nitrogens with zero attached hydrogens (tertiary/aromatic N) is 1. The van der Waals surface area contributed by atoms with Crippen molar-refractivity contribution in [3.8, 4) is 6.07 Å². The van der Waals surface area contributed by atoms with Crippen LogP contribution in [0.1, 0.15) is 37.7 Å². The van der Waals surface area contributed by atoms with Crippen LogP contribution in [-0.4, -0.2) is 17.6 Å². The van der Waals surface area contributed by atoms with Gasteiger partial charge in [0, 0.05) is 6.54 Å². The number of benzene rings is 1. The molecule has 1 aromatic carbocycles. The molecular formula is C15H17FN2O2. The number of hydrogen-bond donors (Lipinski definition) is 2. The highest BCUT2D eigenvalue weighted by atomic mass is 19.1. The van der Waals surface area contributed by atoms with Crippen LogP contribution >= 0.6 is 0 Å². The third kappa shape index (κ3) is 2.90. The first-order valence-corrected chi connectivity index (χ1v) is 6.74. The number of nitriles is 1. The third-order valence-electron chi connectivity index (χ3n) is 3.98. The van der Waals surface area contributed by atoms with E-state index in [2.05, 4.69) is 5.32 Å². The van der Waals surface area contributed by atoms with E-state index in [0.29, 0.717) is 12.8 Å². The van der Waals surface area contributed by atoms with Gasteiger partial charge in [-0.15, -0.1) is 0 Å². The Morgan fingerprint density at radius 2 is 2.10 bits per heavy atom. The fourth-order valence-corrected chi connectivity index (χ4v) is 2.69. The summed E-state index contributed by atoms with van der Waals surface area (Å²) in [5.41, 5.74) is -0.313. The van der Waals surface area contributed by atoms with E-state index in [-0.39, 0.29) is 17.8 Å². The number of rotatable bonds is 4. The zero-order valence-corrected chi connectivity index (χ0v) is 11.2. The monoisotopic (exact) mass is 276 g/mol. The second kappa shape index (κ2) is 5.91. The zero-order valence-electron chi connectivity index (χ0n) is 11.2. The molecule has 0 atom stereocenters. The van der Waals surface area contributed by atoms with Crippen LogP contribution in [-0.2, 0) is 4.79 Å². The van der Waals surface area contributed by atoms with Crippen molar-refractivity contribution in [3.63, 3.8) is 0 Å². The molecule has 0 radical (unpaired) electrons. The molecule has 0 heterocycles. The highest BCUT2D eigenvalue weighted by Gasteiger charge is 2.39. The minimum absolute atomic E-state index is 0.213. The van der Waals surface area contributed by atoms with Crippen LogP contribution in [0.2, 0.25) is 0 Å². The van der Waals surface area contributed by atoms with Crippen LogP contribution in [0.15, 0.2) is 18.2 Å². The molecule has 0 amide bonds. The predicted molar refractivity (Wildman–Crippen MR) is 72.8 cm³/mol. The highest BCUT2D eigenvalue weighted by molar-refractivity contribution is 5.75. The van der Waals surface area contributed by atoms with Gasteiger partial charge in [0.25, 0.3) is 0 Å². The van der Waals surface area contributed by atoms with E-state index in [1.165, 1.54) is 12.1 Å². The Morgan fingerprint density at radius 3 is 2.65 bits per heavy atom. The van der Waals surface area contributed by atoms with Crippen molar-refractivity contribution < 1.29 is 14.3 Å². The minimum Gasteiger partial charge on any atom is -0.481 e. The molecule has 2 rings (SSSR count). The average Bonchev–Trinajstić information content (AvgIpc) is 2.46. The number of carbonyl (C=O) groups is 1. The Morgan fingerprint density at radius 1 is 1.40 bits per heavy atom. The summed E-state index contributed by atoms with van der Waals surface area (Å²) in [6, 6.07) is 6.01. The van der Waals surface area contributed by atoms with Crippen LogP contribution in [0.25, 0.3) is 0 Å². The van der Waals surface area contributed by atoms with Crippen molar-refractivity contribution in [2.75, 3.05) is 11.9 Å². The van der Waals surface area contributed by atoms with Gasteiger partial charge >= 0.3 is 5.97 Å². The molecule has 106 valence electrons. The van der Waals surface area contributed by atoms with Crippen molar-refractivity contribution >= 4 is 11.7 Å².